The summed E-state index contributed by atoms with van der Waals surface area (Å²) in [4.78, 5) is 30.2. The number of benzene rings is 2. The zero-order chi connectivity index (χ0) is 19.8. The number of hydrogen-bond donors (Lipinski definition) is 1. The van der Waals surface area contributed by atoms with Gasteiger partial charge in [0.15, 0.2) is 0 Å². The third kappa shape index (κ3) is 3.10. The van der Waals surface area contributed by atoms with Crippen LogP contribution in [0.4, 0.5) is 5.69 Å². The average molecular weight is 396 g/mol. The number of carbonyl (C=O) groups is 1. The Morgan fingerprint density at radius 2 is 2.04 bits per heavy atom. The Morgan fingerprint density at radius 1 is 1.21 bits per heavy atom. The molecule has 144 valence electrons. The SMILES string of the molecule is CCc1ccc(Cl)c(CC)c1NC(=O)c1ccc2c(=O)n3c(nc2c1)CCC3. The monoisotopic (exact) mass is 395 g/mol. The first-order chi connectivity index (χ1) is 13.5. The number of halogens is 1. The van der Waals surface area contributed by atoms with Crippen molar-refractivity contribution in [2.75, 3.05) is 5.32 Å². The fourth-order valence-corrected chi connectivity index (χ4v) is 4.17. The van der Waals surface area contributed by atoms with Gasteiger partial charge in [-0.2, -0.15) is 0 Å². The maximum Gasteiger partial charge on any atom is 0.261 e. The second kappa shape index (κ2) is 7.40. The van der Waals surface area contributed by atoms with Gasteiger partial charge in [-0.15, -0.1) is 0 Å². The summed E-state index contributed by atoms with van der Waals surface area (Å²) in [5.41, 5.74) is 3.79. The number of aromatic nitrogens is 2. The molecule has 6 heteroatoms. The molecule has 1 aliphatic rings. The van der Waals surface area contributed by atoms with Gasteiger partial charge in [-0.3, -0.25) is 14.2 Å². The van der Waals surface area contributed by atoms with E-state index < -0.39 is 0 Å². The van der Waals surface area contributed by atoms with Crippen molar-refractivity contribution in [3.05, 3.63) is 68.2 Å². The van der Waals surface area contributed by atoms with Gasteiger partial charge in [0.05, 0.1) is 10.9 Å². The van der Waals surface area contributed by atoms with Crippen LogP contribution in [0.3, 0.4) is 0 Å². The Balaban J connectivity index is 1.74. The molecular formula is C22H22ClN3O2. The smallest absolute Gasteiger partial charge is 0.261 e. The molecule has 0 atom stereocenters. The van der Waals surface area contributed by atoms with Crippen molar-refractivity contribution in [1.82, 2.24) is 9.55 Å². The number of rotatable bonds is 4. The van der Waals surface area contributed by atoms with Crippen molar-refractivity contribution < 1.29 is 4.79 Å². The van der Waals surface area contributed by atoms with E-state index in [1.165, 1.54) is 0 Å². The maximum atomic E-state index is 13.0. The highest BCUT2D eigenvalue weighted by molar-refractivity contribution is 6.32. The number of aryl methyl sites for hydroxylation is 2. The van der Waals surface area contributed by atoms with Crippen LogP contribution in [0.2, 0.25) is 5.02 Å². The summed E-state index contributed by atoms with van der Waals surface area (Å²) in [5, 5.41) is 4.24. The molecule has 3 aromatic rings. The van der Waals surface area contributed by atoms with Gasteiger partial charge in [-0.25, -0.2) is 4.98 Å². The molecule has 5 nitrogen and oxygen atoms in total. The van der Waals surface area contributed by atoms with Crippen molar-refractivity contribution in [2.45, 2.75) is 46.1 Å². The van der Waals surface area contributed by atoms with Crippen LogP contribution in [-0.4, -0.2) is 15.5 Å². The fraction of sp³-hybridized carbons (Fsp3) is 0.318. The largest absolute Gasteiger partial charge is 0.321 e. The fourth-order valence-electron chi connectivity index (χ4n) is 3.88. The number of amides is 1. The number of anilines is 1. The number of nitrogens with zero attached hydrogens (tertiary/aromatic N) is 2. The molecule has 0 spiro atoms. The third-order valence-corrected chi connectivity index (χ3v) is 5.75. The van der Waals surface area contributed by atoms with Crippen LogP contribution >= 0.6 is 11.6 Å². The summed E-state index contributed by atoms with van der Waals surface area (Å²) < 4.78 is 1.73. The molecule has 28 heavy (non-hydrogen) atoms. The molecule has 0 aliphatic carbocycles. The van der Waals surface area contributed by atoms with Gasteiger partial charge >= 0.3 is 0 Å². The first-order valence-corrected chi connectivity index (χ1v) is 10.1. The minimum absolute atomic E-state index is 0.0270. The van der Waals surface area contributed by atoms with E-state index in [0.717, 1.165) is 48.3 Å². The van der Waals surface area contributed by atoms with Crippen molar-refractivity contribution >= 4 is 34.1 Å². The average Bonchev–Trinajstić information content (AvgIpc) is 3.17. The minimum Gasteiger partial charge on any atom is -0.321 e. The lowest BCUT2D eigenvalue weighted by Crippen LogP contribution is -2.21. The van der Waals surface area contributed by atoms with Gasteiger partial charge in [0.1, 0.15) is 5.82 Å². The Morgan fingerprint density at radius 3 is 2.79 bits per heavy atom. The van der Waals surface area contributed by atoms with E-state index >= 15 is 0 Å². The molecule has 0 fully saturated rings. The van der Waals surface area contributed by atoms with Crippen molar-refractivity contribution in [3.63, 3.8) is 0 Å². The Bertz CT molecular complexity index is 1150. The molecule has 1 N–H and O–H groups in total. The highest BCUT2D eigenvalue weighted by Crippen LogP contribution is 2.30. The number of hydrogen-bond acceptors (Lipinski definition) is 3. The second-order valence-electron chi connectivity index (χ2n) is 7.04. The van der Waals surface area contributed by atoms with Gasteiger partial charge in [0.25, 0.3) is 11.5 Å². The zero-order valence-corrected chi connectivity index (χ0v) is 16.8. The zero-order valence-electron chi connectivity index (χ0n) is 16.0. The van der Waals surface area contributed by atoms with E-state index in [0.29, 0.717) is 28.0 Å². The molecule has 1 aliphatic heterocycles. The topological polar surface area (TPSA) is 64.0 Å². The highest BCUT2D eigenvalue weighted by atomic mass is 35.5. The molecule has 2 heterocycles. The van der Waals surface area contributed by atoms with E-state index in [2.05, 4.69) is 10.3 Å². The Kier molecular flexibility index (Phi) is 4.94. The van der Waals surface area contributed by atoms with Crippen LogP contribution in [0, 0.1) is 0 Å². The molecule has 2 aromatic carbocycles. The van der Waals surface area contributed by atoms with Gasteiger partial charge in [-0.05, 0) is 54.7 Å². The summed E-state index contributed by atoms with van der Waals surface area (Å²) in [6.45, 7) is 4.78. The lowest BCUT2D eigenvalue weighted by molar-refractivity contribution is 0.102. The first kappa shape index (κ1) is 18.7. The molecule has 1 aromatic heterocycles. The Hall–Kier alpha value is -2.66. The number of fused-ring (bicyclic) bond motifs is 2. The maximum absolute atomic E-state index is 13.0. The summed E-state index contributed by atoms with van der Waals surface area (Å²) in [5.74, 6) is 0.572. The number of carbonyl (C=O) groups excluding carboxylic acids is 1. The first-order valence-electron chi connectivity index (χ1n) is 9.68. The molecule has 0 unspecified atom stereocenters. The normalized spacial score (nSPS) is 13.0. The quantitative estimate of drug-likeness (QED) is 0.713. The predicted octanol–water partition coefficient (Wildman–Crippen LogP) is 4.37. The molecule has 0 saturated heterocycles. The van der Waals surface area contributed by atoms with E-state index in [1.54, 1.807) is 22.8 Å². The summed E-state index contributed by atoms with van der Waals surface area (Å²) in [7, 11) is 0. The lowest BCUT2D eigenvalue weighted by atomic mass is 10.0. The van der Waals surface area contributed by atoms with Crippen molar-refractivity contribution in [1.29, 1.82) is 0 Å². The summed E-state index contributed by atoms with van der Waals surface area (Å²) in [6, 6.07) is 8.91. The van der Waals surface area contributed by atoms with Crippen LogP contribution in [0.15, 0.2) is 35.1 Å². The Labute approximate surface area is 168 Å². The van der Waals surface area contributed by atoms with Crippen LogP contribution in [0.25, 0.3) is 10.9 Å². The van der Waals surface area contributed by atoms with Crippen molar-refractivity contribution in [3.8, 4) is 0 Å². The molecule has 1 amide bonds. The van der Waals surface area contributed by atoms with Crippen LogP contribution < -0.4 is 10.9 Å². The van der Waals surface area contributed by atoms with Crippen molar-refractivity contribution in [2.24, 2.45) is 0 Å². The van der Waals surface area contributed by atoms with E-state index in [-0.39, 0.29) is 11.5 Å². The predicted molar refractivity (Wildman–Crippen MR) is 112 cm³/mol. The highest BCUT2D eigenvalue weighted by Gasteiger charge is 2.18. The van der Waals surface area contributed by atoms with Gasteiger partial charge in [0.2, 0.25) is 0 Å². The second-order valence-corrected chi connectivity index (χ2v) is 7.45. The lowest BCUT2D eigenvalue weighted by Gasteiger charge is -2.16. The third-order valence-electron chi connectivity index (χ3n) is 5.39. The van der Waals surface area contributed by atoms with Crippen LogP contribution in [0.1, 0.15) is 47.6 Å². The summed E-state index contributed by atoms with van der Waals surface area (Å²) >= 11 is 6.34. The van der Waals surface area contributed by atoms with Crippen LogP contribution in [0.5, 0.6) is 0 Å². The molecule has 0 saturated carbocycles. The van der Waals surface area contributed by atoms with Crippen LogP contribution in [-0.2, 0) is 25.8 Å². The van der Waals surface area contributed by atoms with E-state index in [9.17, 15) is 9.59 Å². The molecular weight excluding hydrogens is 374 g/mol. The van der Waals surface area contributed by atoms with Gasteiger partial charge in [0, 0.05) is 29.2 Å². The molecule has 4 rings (SSSR count). The summed E-state index contributed by atoms with van der Waals surface area (Å²) in [6.07, 6.45) is 3.25. The van der Waals surface area contributed by atoms with E-state index in [1.807, 2.05) is 26.0 Å². The standard InChI is InChI=1S/C22H22ClN3O2/c1-3-13-8-10-17(23)15(4-2)20(13)25-21(27)14-7-9-16-18(12-14)24-19-6-5-11-26(19)22(16)28/h7-10,12H,3-6,11H2,1-2H3,(H,25,27). The molecule has 0 bridgehead atoms. The van der Waals surface area contributed by atoms with Gasteiger partial charge < -0.3 is 5.32 Å². The molecule has 0 radical (unpaired) electrons. The van der Waals surface area contributed by atoms with E-state index in [4.69, 9.17) is 11.6 Å². The number of nitrogens with one attached hydrogen (secondary N) is 1. The van der Waals surface area contributed by atoms with Gasteiger partial charge in [-0.1, -0.05) is 31.5 Å². The minimum atomic E-state index is -0.226.